The minimum Gasteiger partial charge on any atom is -0.386 e. The maximum atomic E-state index is 13.0. The molecule has 1 saturated heterocycles. The SMILES string of the molecule is CC1=CCNC=C1NC(=O)c1ccnc2c1NC(c1ccc(NCCCN3CCOCC3)cc1)N2. The van der Waals surface area contributed by atoms with E-state index in [0.29, 0.717) is 17.1 Å². The molecule has 9 nitrogen and oxygen atoms in total. The van der Waals surface area contributed by atoms with Crippen LogP contribution in [0.3, 0.4) is 0 Å². The topological polar surface area (TPSA) is 103 Å². The van der Waals surface area contributed by atoms with Crippen molar-refractivity contribution >= 4 is 23.1 Å². The Morgan fingerprint density at radius 1 is 1.17 bits per heavy atom. The Balaban J connectivity index is 1.16. The highest BCUT2D eigenvalue weighted by Crippen LogP contribution is 2.36. The number of carbonyl (C=O) groups is 1. The lowest BCUT2D eigenvalue weighted by Crippen LogP contribution is -2.37. The summed E-state index contributed by atoms with van der Waals surface area (Å²) in [6.07, 6.45) is 6.48. The van der Waals surface area contributed by atoms with E-state index in [1.54, 1.807) is 12.3 Å². The lowest BCUT2D eigenvalue weighted by Gasteiger charge is -2.26. The smallest absolute Gasteiger partial charge is 0.258 e. The highest BCUT2D eigenvalue weighted by molar-refractivity contribution is 6.03. The number of morpholine rings is 1. The Morgan fingerprint density at radius 3 is 2.80 bits per heavy atom. The highest BCUT2D eigenvalue weighted by Gasteiger charge is 2.27. The zero-order valence-corrected chi connectivity index (χ0v) is 20.1. The predicted octanol–water partition coefficient (Wildman–Crippen LogP) is 2.87. The summed E-state index contributed by atoms with van der Waals surface area (Å²) in [6, 6.07) is 10.1. The Hall–Kier alpha value is -3.56. The van der Waals surface area contributed by atoms with Crippen LogP contribution in [0.15, 0.2) is 60.1 Å². The summed E-state index contributed by atoms with van der Waals surface area (Å²) in [5, 5.41) is 16.5. The third-order valence-corrected chi connectivity index (χ3v) is 6.54. The van der Waals surface area contributed by atoms with E-state index < -0.39 is 0 Å². The Kier molecular flexibility index (Phi) is 7.15. The summed E-state index contributed by atoms with van der Waals surface area (Å²) in [5.41, 5.74) is 5.27. The van der Waals surface area contributed by atoms with Gasteiger partial charge >= 0.3 is 0 Å². The molecule has 1 unspecified atom stereocenters. The number of carbonyl (C=O) groups excluding carboxylic acids is 1. The molecule has 0 bridgehead atoms. The minimum atomic E-state index is -0.169. The van der Waals surface area contributed by atoms with Gasteiger partial charge in [0, 0.05) is 44.3 Å². The summed E-state index contributed by atoms with van der Waals surface area (Å²) < 4.78 is 5.40. The summed E-state index contributed by atoms with van der Waals surface area (Å²) in [5.74, 6) is 0.508. The van der Waals surface area contributed by atoms with Crippen LogP contribution < -0.4 is 26.6 Å². The van der Waals surface area contributed by atoms with Crippen molar-refractivity contribution in [3.63, 3.8) is 0 Å². The molecular weight excluding hydrogens is 442 g/mol. The van der Waals surface area contributed by atoms with Gasteiger partial charge in [-0.15, -0.1) is 0 Å². The van der Waals surface area contributed by atoms with Crippen LogP contribution in [0.2, 0.25) is 0 Å². The van der Waals surface area contributed by atoms with Gasteiger partial charge in [-0.25, -0.2) is 4.98 Å². The van der Waals surface area contributed by atoms with Crippen LogP contribution in [0.1, 0.15) is 35.4 Å². The first-order valence-corrected chi connectivity index (χ1v) is 12.3. The van der Waals surface area contributed by atoms with Crippen molar-refractivity contribution in [1.29, 1.82) is 0 Å². The number of aromatic nitrogens is 1. The van der Waals surface area contributed by atoms with Crippen LogP contribution in [0.4, 0.5) is 17.2 Å². The maximum Gasteiger partial charge on any atom is 0.258 e. The second-order valence-electron chi connectivity index (χ2n) is 8.97. The average Bonchev–Trinajstić information content (AvgIpc) is 3.33. The third-order valence-electron chi connectivity index (χ3n) is 6.54. The van der Waals surface area contributed by atoms with Gasteiger partial charge in [0.1, 0.15) is 6.17 Å². The normalized spacial score (nSPS) is 19.4. The quantitative estimate of drug-likeness (QED) is 0.372. The van der Waals surface area contributed by atoms with Crippen LogP contribution in [0, 0.1) is 0 Å². The van der Waals surface area contributed by atoms with Gasteiger partial charge in [0.2, 0.25) is 0 Å². The Morgan fingerprint density at radius 2 is 2.00 bits per heavy atom. The number of pyridine rings is 1. The fraction of sp³-hybridized carbons (Fsp3) is 0.385. The van der Waals surface area contributed by atoms with Crippen molar-refractivity contribution in [2.24, 2.45) is 0 Å². The molecule has 2 aromatic rings. The number of amides is 1. The second kappa shape index (κ2) is 10.8. The van der Waals surface area contributed by atoms with Gasteiger partial charge < -0.3 is 31.3 Å². The summed E-state index contributed by atoms with van der Waals surface area (Å²) >= 11 is 0. The van der Waals surface area contributed by atoms with Gasteiger partial charge in [0.15, 0.2) is 5.82 Å². The number of nitrogens with zero attached hydrogens (tertiary/aromatic N) is 2. The van der Waals surface area contributed by atoms with Crippen molar-refractivity contribution in [2.45, 2.75) is 19.5 Å². The molecule has 1 atom stereocenters. The number of hydrogen-bond acceptors (Lipinski definition) is 8. The first-order valence-electron chi connectivity index (χ1n) is 12.3. The van der Waals surface area contributed by atoms with E-state index in [4.69, 9.17) is 4.74 Å². The first-order chi connectivity index (χ1) is 17.2. The van der Waals surface area contributed by atoms with E-state index in [9.17, 15) is 4.79 Å². The number of ether oxygens (including phenoxy) is 1. The molecule has 1 aromatic carbocycles. The second-order valence-corrected chi connectivity index (χ2v) is 8.97. The lowest BCUT2D eigenvalue weighted by molar-refractivity contribution is 0.0378. The van der Waals surface area contributed by atoms with Gasteiger partial charge in [-0.05, 0) is 49.2 Å². The molecular formula is C26H33N7O2. The van der Waals surface area contributed by atoms with Crippen molar-refractivity contribution in [1.82, 2.24) is 20.5 Å². The average molecular weight is 476 g/mol. The van der Waals surface area contributed by atoms with Gasteiger partial charge in [-0.1, -0.05) is 18.2 Å². The zero-order valence-electron chi connectivity index (χ0n) is 20.1. The molecule has 5 rings (SSSR count). The molecule has 1 amide bonds. The fourth-order valence-electron chi connectivity index (χ4n) is 4.47. The maximum absolute atomic E-state index is 13.0. The molecule has 0 aliphatic carbocycles. The number of fused-ring (bicyclic) bond motifs is 1. The molecule has 35 heavy (non-hydrogen) atoms. The van der Waals surface area contributed by atoms with Crippen molar-refractivity contribution < 1.29 is 9.53 Å². The summed E-state index contributed by atoms with van der Waals surface area (Å²) in [6.45, 7) is 8.53. The number of nitrogens with one attached hydrogen (secondary N) is 5. The van der Waals surface area contributed by atoms with Crippen LogP contribution >= 0.6 is 0 Å². The molecule has 1 fully saturated rings. The number of allylic oxidation sites excluding steroid dienone is 1. The summed E-state index contributed by atoms with van der Waals surface area (Å²) in [4.78, 5) is 19.9. The van der Waals surface area contributed by atoms with E-state index in [1.165, 1.54) is 0 Å². The van der Waals surface area contributed by atoms with E-state index in [2.05, 4.69) is 60.7 Å². The van der Waals surface area contributed by atoms with Crippen LogP contribution in [-0.2, 0) is 4.74 Å². The summed E-state index contributed by atoms with van der Waals surface area (Å²) in [7, 11) is 0. The highest BCUT2D eigenvalue weighted by atomic mass is 16.5. The minimum absolute atomic E-state index is 0.154. The Bertz CT molecular complexity index is 1110. The number of anilines is 3. The van der Waals surface area contributed by atoms with Gasteiger partial charge in [0.05, 0.1) is 30.2 Å². The van der Waals surface area contributed by atoms with Gasteiger partial charge in [0.25, 0.3) is 5.91 Å². The molecule has 184 valence electrons. The molecule has 5 N–H and O–H groups in total. The molecule has 1 aromatic heterocycles. The number of rotatable bonds is 8. The third kappa shape index (κ3) is 5.58. The van der Waals surface area contributed by atoms with Gasteiger partial charge in [-0.3, -0.25) is 9.69 Å². The molecule has 3 aliphatic heterocycles. The van der Waals surface area contributed by atoms with Crippen molar-refractivity contribution in [3.8, 4) is 0 Å². The molecule has 9 heteroatoms. The van der Waals surface area contributed by atoms with Gasteiger partial charge in [-0.2, -0.15) is 0 Å². The standard InChI is InChI=1S/C26H33N7O2/c1-18-7-10-27-17-22(18)30-26(34)21-8-11-29-25-23(21)31-24(32-25)19-3-5-20(6-4-19)28-9-2-12-33-13-15-35-16-14-33/h3-8,11,17,24,27-28,31H,2,9-10,12-16H2,1H3,(H,29,32)(H,30,34). The molecule has 4 heterocycles. The number of dihydropyridines is 1. The Labute approximate surface area is 206 Å². The van der Waals surface area contributed by atoms with Crippen LogP contribution in [0.5, 0.6) is 0 Å². The fourth-order valence-corrected chi connectivity index (χ4v) is 4.47. The molecule has 3 aliphatic rings. The number of hydrogen-bond donors (Lipinski definition) is 5. The largest absolute Gasteiger partial charge is 0.386 e. The van der Waals surface area contributed by atoms with E-state index in [-0.39, 0.29) is 12.1 Å². The van der Waals surface area contributed by atoms with E-state index >= 15 is 0 Å². The molecule has 0 saturated carbocycles. The van der Waals surface area contributed by atoms with Crippen molar-refractivity contribution in [2.75, 3.05) is 61.9 Å². The molecule has 0 radical (unpaired) electrons. The van der Waals surface area contributed by atoms with Crippen LogP contribution in [-0.4, -0.2) is 61.7 Å². The monoisotopic (exact) mass is 475 g/mol. The predicted molar refractivity (Wildman–Crippen MR) is 138 cm³/mol. The first kappa shape index (κ1) is 23.2. The van der Waals surface area contributed by atoms with E-state index in [0.717, 1.165) is 74.9 Å². The van der Waals surface area contributed by atoms with Crippen LogP contribution in [0.25, 0.3) is 0 Å². The lowest BCUT2D eigenvalue weighted by atomic mass is 10.1. The zero-order chi connectivity index (χ0) is 24.0. The van der Waals surface area contributed by atoms with Crippen molar-refractivity contribution in [3.05, 3.63) is 71.2 Å². The number of benzene rings is 1. The van der Waals surface area contributed by atoms with E-state index in [1.807, 2.05) is 19.2 Å². The molecule has 0 spiro atoms.